The van der Waals surface area contributed by atoms with Crippen molar-refractivity contribution in [3.05, 3.63) is 0 Å². The van der Waals surface area contributed by atoms with E-state index in [0.717, 1.165) is 18.6 Å². The van der Waals surface area contributed by atoms with E-state index in [2.05, 4.69) is 11.8 Å². The van der Waals surface area contributed by atoms with Crippen molar-refractivity contribution in [2.24, 2.45) is 0 Å². The van der Waals surface area contributed by atoms with Gasteiger partial charge >= 0.3 is 0 Å². The minimum absolute atomic E-state index is 0.428. The summed E-state index contributed by atoms with van der Waals surface area (Å²) in [5.41, 5.74) is 0. The molecule has 3 rings (SSSR count). The Morgan fingerprint density at radius 3 is 2.38 bits per heavy atom. The third-order valence-corrected chi connectivity index (χ3v) is 4.92. The maximum Gasteiger partial charge on any atom is 0.0706 e. The average Bonchev–Trinajstić information content (AvgIpc) is 2.72. The number of alkyl halides is 1. The Labute approximate surface area is 103 Å². The fraction of sp³-hybridized carbons (Fsp3) is 1.00. The molecule has 3 saturated heterocycles. The van der Waals surface area contributed by atoms with E-state index in [4.69, 9.17) is 16.3 Å². The second-order valence-corrected chi connectivity index (χ2v) is 6.41. The van der Waals surface area contributed by atoms with Crippen molar-refractivity contribution in [2.45, 2.75) is 75.1 Å². The van der Waals surface area contributed by atoms with Crippen LogP contribution in [0.4, 0.5) is 0 Å². The van der Waals surface area contributed by atoms with Gasteiger partial charge in [-0.05, 0) is 45.4 Å². The summed E-state index contributed by atoms with van der Waals surface area (Å²) in [4.78, 5) is 2.70. The topological polar surface area (TPSA) is 12.5 Å². The lowest BCUT2D eigenvalue weighted by Gasteiger charge is -2.38. The second-order valence-electron chi connectivity index (χ2n) is 5.80. The summed E-state index contributed by atoms with van der Waals surface area (Å²) in [6.07, 6.45) is 8.57. The largest absolute Gasteiger partial charge is 0.374 e. The molecule has 3 aliphatic rings. The lowest BCUT2D eigenvalue weighted by atomic mass is 10.0. The van der Waals surface area contributed by atoms with Gasteiger partial charge in [0.15, 0.2) is 0 Å². The first-order valence-electron chi connectivity index (χ1n) is 6.77. The molecule has 0 aromatic carbocycles. The highest BCUT2D eigenvalue weighted by molar-refractivity contribution is 6.20. The van der Waals surface area contributed by atoms with Crippen molar-refractivity contribution < 1.29 is 4.74 Å². The number of halogens is 1. The predicted octanol–water partition coefficient (Wildman–Crippen LogP) is 2.79. The van der Waals surface area contributed by atoms with Crippen LogP contribution in [0.25, 0.3) is 0 Å². The van der Waals surface area contributed by atoms with Gasteiger partial charge in [-0.3, -0.25) is 4.90 Å². The summed E-state index contributed by atoms with van der Waals surface area (Å²) in [7, 11) is 0. The van der Waals surface area contributed by atoms with E-state index in [9.17, 15) is 0 Å². The molecular formula is C13H22ClNO. The summed E-state index contributed by atoms with van der Waals surface area (Å²) in [6.45, 7) is 3.35. The zero-order valence-electron chi connectivity index (χ0n) is 10.1. The Hall–Kier alpha value is 0.210. The Morgan fingerprint density at radius 2 is 1.81 bits per heavy atom. The molecule has 2 bridgehead atoms. The van der Waals surface area contributed by atoms with Crippen LogP contribution in [0, 0.1) is 0 Å². The standard InChI is InChI=1S/C13H22ClNO/c1-9-2-5-13(16-9)8-15-11-3-4-12(15)7-10(14)6-11/h9-13H,2-8H2,1H3. The van der Waals surface area contributed by atoms with Gasteiger partial charge in [-0.25, -0.2) is 0 Å². The van der Waals surface area contributed by atoms with Gasteiger partial charge in [0, 0.05) is 24.0 Å². The molecule has 0 N–H and O–H groups in total. The van der Waals surface area contributed by atoms with Crippen molar-refractivity contribution in [1.29, 1.82) is 0 Å². The summed E-state index contributed by atoms with van der Waals surface area (Å²) in [5.74, 6) is 0. The number of fused-ring (bicyclic) bond motifs is 2. The molecule has 16 heavy (non-hydrogen) atoms. The van der Waals surface area contributed by atoms with E-state index in [0.29, 0.717) is 17.6 Å². The third kappa shape index (κ3) is 2.12. The van der Waals surface area contributed by atoms with Gasteiger partial charge in [-0.1, -0.05) is 0 Å². The Morgan fingerprint density at radius 1 is 1.12 bits per heavy atom. The van der Waals surface area contributed by atoms with Gasteiger partial charge in [0.25, 0.3) is 0 Å². The second kappa shape index (κ2) is 4.47. The van der Waals surface area contributed by atoms with E-state index < -0.39 is 0 Å². The summed E-state index contributed by atoms with van der Waals surface area (Å²) < 4.78 is 5.94. The van der Waals surface area contributed by atoms with Gasteiger partial charge in [0.1, 0.15) is 0 Å². The van der Waals surface area contributed by atoms with Crippen molar-refractivity contribution in [2.75, 3.05) is 6.54 Å². The molecule has 92 valence electrons. The molecule has 4 atom stereocenters. The molecule has 2 nitrogen and oxygen atoms in total. The normalized spacial score (nSPS) is 48.8. The molecule has 0 radical (unpaired) electrons. The van der Waals surface area contributed by atoms with E-state index in [1.165, 1.54) is 38.5 Å². The fourth-order valence-corrected chi connectivity index (χ4v) is 4.17. The predicted molar refractivity (Wildman–Crippen MR) is 66.0 cm³/mol. The Balaban J connectivity index is 1.59. The molecule has 0 spiro atoms. The van der Waals surface area contributed by atoms with Crippen LogP contribution in [0.5, 0.6) is 0 Å². The van der Waals surface area contributed by atoms with Crippen LogP contribution in [0.2, 0.25) is 0 Å². The molecule has 0 saturated carbocycles. The number of piperidine rings is 1. The summed E-state index contributed by atoms with van der Waals surface area (Å²) in [6, 6.07) is 1.50. The molecule has 0 aromatic rings. The average molecular weight is 244 g/mol. The monoisotopic (exact) mass is 243 g/mol. The number of ether oxygens (including phenoxy) is 1. The minimum Gasteiger partial charge on any atom is -0.374 e. The molecule has 0 aliphatic carbocycles. The van der Waals surface area contributed by atoms with Crippen LogP contribution in [0.1, 0.15) is 45.4 Å². The third-order valence-electron chi connectivity index (χ3n) is 4.56. The Bertz CT molecular complexity index is 246. The number of rotatable bonds is 2. The first-order chi connectivity index (χ1) is 7.72. The van der Waals surface area contributed by atoms with Crippen LogP contribution in [0.15, 0.2) is 0 Å². The zero-order chi connectivity index (χ0) is 11.1. The van der Waals surface area contributed by atoms with Crippen molar-refractivity contribution in [3.8, 4) is 0 Å². The van der Waals surface area contributed by atoms with Gasteiger partial charge in [-0.2, -0.15) is 0 Å². The highest BCUT2D eigenvalue weighted by Gasteiger charge is 2.41. The number of hydrogen-bond donors (Lipinski definition) is 0. The molecule has 4 unspecified atom stereocenters. The number of nitrogens with zero attached hydrogens (tertiary/aromatic N) is 1. The number of hydrogen-bond acceptors (Lipinski definition) is 2. The van der Waals surface area contributed by atoms with Crippen LogP contribution >= 0.6 is 11.6 Å². The highest BCUT2D eigenvalue weighted by Crippen LogP contribution is 2.38. The summed E-state index contributed by atoms with van der Waals surface area (Å²) in [5, 5.41) is 0.428. The molecule has 3 aliphatic heterocycles. The molecule has 3 heterocycles. The molecule has 3 heteroatoms. The smallest absolute Gasteiger partial charge is 0.0706 e. The first kappa shape index (κ1) is 11.3. The molecular weight excluding hydrogens is 222 g/mol. The molecule has 0 amide bonds. The van der Waals surface area contributed by atoms with E-state index in [1.54, 1.807) is 0 Å². The van der Waals surface area contributed by atoms with E-state index in [1.807, 2.05) is 0 Å². The minimum atomic E-state index is 0.428. The van der Waals surface area contributed by atoms with Gasteiger partial charge in [0.05, 0.1) is 12.2 Å². The maximum atomic E-state index is 6.29. The molecule has 3 fully saturated rings. The molecule has 0 aromatic heterocycles. The highest BCUT2D eigenvalue weighted by atomic mass is 35.5. The SMILES string of the molecule is CC1CCC(CN2C3CCC2CC(Cl)C3)O1. The van der Waals surface area contributed by atoms with Gasteiger partial charge in [-0.15, -0.1) is 11.6 Å². The van der Waals surface area contributed by atoms with Crippen LogP contribution in [0.3, 0.4) is 0 Å². The fourth-order valence-electron chi connectivity index (χ4n) is 3.76. The van der Waals surface area contributed by atoms with E-state index in [-0.39, 0.29) is 0 Å². The maximum absolute atomic E-state index is 6.29. The summed E-state index contributed by atoms with van der Waals surface area (Å²) >= 11 is 6.29. The van der Waals surface area contributed by atoms with Crippen molar-refractivity contribution in [1.82, 2.24) is 4.90 Å². The first-order valence-corrected chi connectivity index (χ1v) is 7.21. The quantitative estimate of drug-likeness (QED) is 0.692. The van der Waals surface area contributed by atoms with Crippen LogP contribution in [-0.4, -0.2) is 41.1 Å². The van der Waals surface area contributed by atoms with Crippen LogP contribution < -0.4 is 0 Å². The zero-order valence-corrected chi connectivity index (χ0v) is 10.8. The lowest BCUT2D eigenvalue weighted by molar-refractivity contribution is 0.0114. The van der Waals surface area contributed by atoms with Gasteiger partial charge in [0.2, 0.25) is 0 Å². The van der Waals surface area contributed by atoms with Crippen molar-refractivity contribution in [3.63, 3.8) is 0 Å². The lowest BCUT2D eigenvalue weighted by Crippen LogP contribution is -2.46. The van der Waals surface area contributed by atoms with Gasteiger partial charge < -0.3 is 4.74 Å². The Kier molecular flexibility index (Phi) is 3.16. The van der Waals surface area contributed by atoms with Crippen LogP contribution in [-0.2, 0) is 4.74 Å². The van der Waals surface area contributed by atoms with Crippen molar-refractivity contribution >= 4 is 11.6 Å². The van der Waals surface area contributed by atoms with E-state index >= 15 is 0 Å².